The van der Waals surface area contributed by atoms with Crippen LogP contribution in [0.1, 0.15) is 38.9 Å². The zero-order valence-electron chi connectivity index (χ0n) is 19.7. The zero-order valence-corrected chi connectivity index (χ0v) is 19.7. The number of aryl methyl sites for hydroxylation is 3. The van der Waals surface area contributed by atoms with Gasteiger partial charge in [-0.2, -0.15) is 9.90 Å². The highest BCUT2D eigenvalue weighted by molar-refractivity contribution is 5.93. The Balaban J connectivity index is 1.51. The quantitative estimate of drug-likeness (QED) is 0.597. The highest BCUT2D eigenvalue weighted by Gasteiger charge is 2.25. The molecule has 1 aliphatic rings. The molecule has 0 aliphatic carbocycles. The Bertz CT molecular complexity index is 1100. The number of morpholine rings is 1. The van der Waals surface area contributed by atoms with Crippen molar-refractivity contribution in [2.75, 3.05) is 40.0 Å². The predicted molar refractivity (Wildman–Crippen MR) is 126 cm³/mol. The van der Waals surface area contributed by atoms with Gasteiger partial charge in [0.2, 0.25) is 0 Å². The van der Waals surface area contributed by atoms with Gasteiger partial charge in [0.15, 0.2) is 5.69 Å². The molecule has 2 heterocycles. The average Bonchev–Trinajstić information content (AvgIpc) is 3.21. The summed E-state index contributed by atoms with van der Waals surface area (Å²) in [6.07, 6.45) is 0. The summed E-state index contributed by atoms with van der Waals surface area (Å²) >= 11 is 0. The summed E-state index contributed by atoms with van der Waals surface area (Å²) in [5, 5.41) is 12.1. The number of ether oxygens (including phenoxy) is 2. The summed E-state index contributed by atoms with van der Waals surface area (Å²) in [5.41, 5.74) is 5.15. The number of nitrogens with one attached hydrogen (secondary N) is 1. The minimum Gasteiger partial charge on any atom is -0.497 e. The second kappa shape index (κ2) is 10.1. The van der Waals surface area contributed by atoms with Crippen LogP contribution in [-0.2, 0) is 4.74 Å². The van der Waals surface area contributed by atoms with Crippen LogP contribution in [0.4, 0.5) is 0 Å². The van der Waals surface area contributed by atoms with Crippen LogP contribution < -0.4 is 10.1 Å². The van der Waals surface area contributed by atoms with Crippen LogP contribution in [0.2, 0.25) is 0 Å². The number of amides is 1. The first-order valence-electron chi connectivity index (χ1n) is 11.2. The minimum absolute atomic E-state index is 0.0263. The molecule has 1 aromatic heterocycles. The highest BCUT2D eigenvalue weighted by Crippen LogP contribution is 2.24. The third-order valence-corrected chi connectivity index (χ3v) is 6.01. The van der Waals surface area contributed by atoms with Gasteiger partial charge < -0.3 is 14.8 Å². The maximum atomic E-state index is 13.1. The molecule has 0 saturated carbocycles. The molecule has 3 aromatic rings. The van der Waals surface area contributed by atoms with Crippen LogP contribution in [0.15, 0.2) is 42.5 Å². The Kier molecular flexibility index (Phi) is 7.05. The van der Waals surface area contributed by atoms with E-state index in [-0.39, 0.29) is 11.9 Å². The van der Waals surface area contributed by atoms with Gasteiger partial charge in [0.25, 0.3) is 5.91 Å². The van der Waals surface area contributed by atoms with Gasteiger partial charge in [-0.25, -0.2) is 0 Å². The number of rotatable bonds is 7. The first-order chi connectivity index (χ1) is 16.0. The molecule has 33 heavy (non-hydrogen) atoms. The van der Waals surface area contributed by atoms with Crippen molar-refractivity contribution in [1.82, 2.24) is 25.2 Å². The fourth-order valence-electron chi connectivity index (χ4n) is 4.17. The molecule has 1 fully saturated rings. The fraction of sp³-hybridized carbons (Fsp3) is 0.400. The summed E-state index contributed by atoms with van der Waals surface area (Å²) in [5.74, 6) is 0.581. The van der Waals surface area contributed by atoms with Crippen LogP contribution in [-0.4, -0.2) is 65.8 Å². The van der Waals surface area contributed by atoms with Gasteiger partial charge in [-0.05, 0) is 50.1 Å². The molecule has 1 amide bonds. The Hall–Kier alpha value is -3.23. The average molecular weight is 450 g/mol. The zero-order chi connectivity index (χ0) is 23.4. The van der Waals surface area contributed by atoms with E-state index in [1.54, 1.807) is 11.9 Å². The maximum absolute atomic E-state index is 13.1. The van der Waals surface area contributed by atoms with E-state index >= 15 is 0 Å². The number of hydrogen-bond acceptors (Lipinski definition) is 6. The lowest BCUT2D eigenvalue weighted by molar-refractivity contribution is 0.0162. The molecule has 0 radical (unpaired) electrons. The van der Waals surface area contributed by atoms with E-state index in [2.05, 4.69) is 26.5 Å². The Morgan fingerprint density at radius 1 is 1.09 bits per heavy atom. The van der Waals surface area contributed by atoms with Crippen LogP contribution in [0.5, 0.6) is 5.75 Å². The van der Waals surface area contributed by atoms with Crippen LogP contribution in [0, 0.1) is 20.8 Å². The van der Waals surface area contributed by atoms with E-state index in [0.717, 1.165) is 35.7 Å². The largest absolute Gasteiger partial charge is 0.497 e. The van der Waals surface area contributed by atoms with Crippen molar-refractivity contribution in [2.24, 2.45) is 0 Å². The van der Waals surface area contributed by atoms with Gasteiger partial charge in [0.1, 0.15) is 5.75 Å². The van der Waals surface area contributed by atoms with Crippen molar-refractivity contribution in [2.45, 2.75) is 26.8 Å². The van der Waals surface area contributed by atoms with E-state index in [4.69, 9.17) is 9.47 Å². The van der Waals surface area contributed by atoms with Gasteiger partial charge >= 0.3 is 0 Å². The van der Waals surface area contributed by atoms with Crippen molar-refractivity contribution in [1.29, 1.82) is 0 Å². The van der Waals surface area contributed by atoms with E-state index < -0.39 is 0 Å². The van der Waals surface area contributed by atoms with Crippen LogP contribution in [0.25, 0.3) is 5.69 Å². The third-order valence-electron chi connectivity index (χ3n) is 6.01. The maximum Gasteiger partial charge on any atom is 0.273 e. The van der Waals surface area contributed by atoms with Crippen molar-refractivity contribution >= 4 is 5.91 Å². The monoisotopic (exact) mass is 449 g/mol. The lowest BCUT2D eigenvalue weighted by atomic mass is 10.0. The number of carbonyl (C=O) groups is 1. The molecule has 1 aliphatic heterocycles. The SMILES string of the molecule is COc1ccc(C(CNC(=O)c2nn(-c3ccc(C)cc3C)nc2C)N2CCOCC2)cc1. The Morgan fingerprint density at radius 3 is 2.48 bits per heavy atom. The number of benzene rings is 2. The molecule has 8 nitrogen and oxygen atoms in total. The topological polar surface area (TPSA) is 81.5 Å². The third kappa shape index (κ3) is 5.23. The van der Waals surface area contributed by atoms with Gasteiger partial charge in [-0.15, -0.1) is 5.10 Å². The molecule has 1 unspecified atom stereocenters. The molecule has 1 N–H and O–H groups in total. The minimum atomic E-state index is -0.227. The van der Waals surface area contributed by atoms with Crippen LogP contribution >= 0.6 is 0 Å². The van der Waals surface area contributed by atoms with Crippen LogP contribution in [0.3, 0.4) is 0 Å². The first kappa shape index (κ1) is 22.9. The second-order valence-corrected chi connectivity index (χ2v) is 8.36. The predicted octanol–water partition coefficient (Wildman–Crippen LogP) is 3.00. The number of aromatic nitrogens is 3. The van der Waals surface area contributed by atoms with E-state index in [0.29, 0.717) is 31.1 Å². The summed E-state index contributed by atoms with van der Waals surface area (Å²) in [6, 6.07) is 14.1. The van der Waals surface area contributed by atoms with Gasteiger partial charge in [-0.3, -0.25) is 9.69 Å². The summed E-state index contributed by atoms with van der Waals surface area (Å²) in [4.78, 5) is 17.0. The number of carbonyl (C=O) groups excluding carboxylic acids is 1. The summed E-state index contributed by atoms with van der Waals surface area (Å²) < 4.78 is 10.8. The fourth-order valence-corrected chi connectivity index (χ4v) is 4.17. The molecule has 1 atom stereocenters. The van der Waals surface area contributed by atoms with Crippen molar-refractivity contribution < 1.29 is 14.3 Å². The van der Waals surface area contributed by atoms with E-state index in [1.165, 1.54) is 5.56 Å². The first-order valence-corrected chi connectivity index (χ1v) is 11.2. The molecular formula is C25H31N5O3. The molecular weight excluding hydrogens is 418 g/mol. The van der Waals surface area contributed by atoms with E-state index in [9.17, 15) is 4.79 Å². The van der Waals surface area contributed by atoms with Gasteiger partial charge in [0.05, 0.1) is 37.7 Å². The van der Waals surface area contributed by atoms with Crippen molar-refractivity contribution in [3.63, 3.8) is 0 Å². The lowest BCUT2D eigenvalue weighted by Crippen LogP contribution is -2.44. The summed E-state index contributed by atoms with van der Waals surface area (Å²) in [7, 11) is 1.66. The highest BCUT2D eigenvalue weighted by atomic mass is 16.5. The van der Waals surface area contributed by atoms with Crippen molar-refractivity contribution in [3.05, 3.63) is 70.5 Å². The number of nitrogens with zero attached hydrogens (tertiary/aromatic N) is 4. The molecule has 0 spiro atoms. The molecule has 4 rings (SSSR count). The Labute approximate surface area is 194 Å². The molecule has 8 heteroatoms. The normalized spacial score (nSPS) is 15.3. The van der Waals surface area contributed by atoms with Crippen molar-refractivity contribution in [3.8, 4) is 11.4 Å². The second-order valence-electron chi connectivity index (χ2n) is 8.36. The number of hydrogen-bond donors (Lipinski definition) is 1. The molecule has 1 saturated heterocycles. The van der Waals surface area contributed by atoms with Gasteiger partial charge in [0, 0.05) is 19.6 Å². The Morgan fingerprint density at radius 2 is 1.82 bits per heavy atom. The smallest absolute Gasteiger partial charge is 0.273 e. The van der Waals surface area contributed by atoms with Gasteiger partial charge in [-0.1, -0.05) is 29.8 Å². The van der Waals surface area contributed by atoms with E-state index in [1.807, 2.05) is 57.2 Å². The standard InChI is InChI=1S/C25H31N5O3/c1-17-5-10-22(18(2)15-17)30-27-19(3)24(28-30)25(31)26-16-23(29-11-13-33-14-12-29)20-6-8-21(32-4)9-7-20/h5-10,15,23H,11-14,16H2,1-4H3,(H,26,31). The molecule has 2 aromatic carbocycles. The molecule has 174 valence electrons. The lowest BCUT2D eigenvalue weighted by Gasteiger charge is -2.35. The number of methoxy groups -OCH3 is 1. The summed E-state index contributed by atoms with van der Waals surface area (Å²) in [6.45, 7) is 9.33. The molecule has 0 bridgehead atoms.